The molecule has 1 saturated heterocycles. The summed E-state index contributed by atoms with van der Waals surface area (Å²) in [6.45, 7) is 6.64. The number of aryl methyl sites for hydroxylation is 2. The number of carbonyl (C=O) groups excluding carboxylic acids is 2. The van der Waals surface area contributed by atoms with Crippen molar-refractivity contribution in [3.63, 3.8) is 0 Å². The molecule has 1 aliphatic rings. The highest BCUT2D eigenvalue weighted by molar-refractivity contribution is 6.32. The molecule has 0 atom stereocenters. The summed E-state index contributed by atoms with van der Waals surface area (Å²) in [5.74, 6) is 0.468. The number of nitrogens with zero attached hydrogens (tertiary/aromatic N) is 2. The van der Waals surface area contributed by atoms with Gasteiger partial charge in [-0.05, 0) is 37.1 Å². The average molecular weight is 399 g/mol. The molecule has 1 aromatic rings. The van der Waals surface area contributed by atoms with Crippen LogP contribution in [0.5, 0.6) is 5.75 Å². The summed E-state index contributed by atoms with van der Waals surface area (Å²) in [6.07, 6.45) is 0. The number of benzene rings is 1. The molecule has 7 nitrogen and oxygen atoms in total. The van der Waals surface area contributed by atoms with Crippen molar-refractivity contribution in [3.8, 4) is 5.75 Å². The number of hydrogen-bond donors (Lipinski definition) is 0. The van der Waals surface area contributed by atoms with E-state index in [2.05, 4.69) is 0 Å². The first kappa shape index (κ1) is 21.5. The molecule has 27 heavy (non-hydrogen) atoms. The maximum Gasteiger partial charge on any atom is 0.260 e. The van der Waals surface area contributed by atoms with E-state index >= 15 is 0 Å². The van der Waals surface area contributed by atoms with Crippen LogP contribution in [0.2, 0.25) is 5.02 Å². The van der Waals surface area contributed by atoms with Crippen LogP contribution in [-0.2, 0) is 19.1 Å². The fourth-order valence-corrected chi connectivity index (χ4v) is 2.93. The predicted octanol–water partition coefficient (Wildman–Crippen LogP) is 1.67. The summed E-state index contributed by atoms with van der Waals surface area (Å²) in [7, 11) is 1.58. The van der Waals surface area contributed by atoms with Gasteiger partial charge in [-0.15, -0.1) is 0 Å². The van der Waals surface area contributed by atoms with Crippen molar-refractivity contribution in [1.82, 2.24) is 9.80 Å². The van der Waals surface area contributed by atoms with Gasteiger partial charge in [-0.25, -0.2) is 0 Å². The third-order valence-electron chi connectivity index (χ3n) is 4.41. The molecule has 2 rings (SSSR count). The molecule has 1 heterocycles. The Bertz CT molecular complexity index is 636. The zero-order valence-corrected chi connectivity index (χ0v) is 16.9. The summed E-state index contributed by atoms with van der Waals surface area (Å²) in [6, 6.07) is 3.64. The Kier molecular flexibility index (Phi) is 8.34. The number of amides is 2. The van der Waals surface area contributed by atoms with E-state index in [0.717, 1.165) is 11.1 Å². The van der Waals surface area contributed by atoms with Gasteiger partial charge in [0.25, 0.3) is 5.91 Å². The lowest BCUT2D eigenvalue weighted by Gasteiger charge is -2.34. The zero-order valence-electron chi connectivity index (χ0n) is 16.1. The van der Waals surface area contributed by atoms with Crippen LogP contribution < -0.4 is 4.74 Å². The standard InChI is InChI=1S/C19H27ClN2O5/c1-14-10-16(11-15(2)19(14)20)27-13-18(24)22-6-4-21(5-7-22)17(23)12-26-9-8-25-3/h10-11H,4-9,12-13H2,1-3H3. The third kappa shape index (κ3) is 6.37. The third-order valence-corrected chi connectivity index (χ3v) is 5.01. The fraction of sp³-hybridized carbons (Fsp3) is 0.579. The number of ether oxygens (including phenoxy) is 3. The van der Waals surface area contributed by atoms with E-state index in [4.69, 9.17) is 25.8 Å². The Morgan fingerprint density at radius 1 is 0.963 bits per heavy atom. The molecule has 0 N–H and O–H groups in total. The molecule has 0 unspecified atom stereocenters. The molecule has 1 aliphatic heterocycles. The van der Waals surface area contributed by atoms with Gasteiger partial charge in [0.1, 0.15) is 12.4 Å². The van der Waals surface area contributed by atoms with E-state index in [1.165, 1.54) is 0 Å². The number of hydrogen-bond acceptors (Lipinski definition) is 5. The van der Waals surface area contributed by atoms with Crippen molar-refractivity contribution >= 4 is 23.4 Å². The molecule has 0 aromatic heterocycles. The molecule has 8 heteroatoms. The molecule has 0 saturated carbocycles. The van der Waals surface area contributed by atoms with E-state index in [1.54, 1.807) is 16.9 Å². The lowest BCUT2D eigenvalue weighted by molar-refractivity contribution is -0.143. The summed E-state index contributed by atoms with van der Waals surface area (Å²) < 4.78 is 15.7. The quantitative estimate of drug-likeness (QED) is 0.623. The maximum atomic E-state index is 12.4. The van der Waals surface area contributed by atoms with Crippen molar-refractivity contribution in [2.45, 2.75) is 13.8 Å². The SMILES string of the molecule is COCCOCC(=O)N1CCN(C(=O)COc2cc(C)c(Cl)c(C)c2)CC1. The minimum absolute atomic E-state index is 0.0331. The smallest absolute Gasteiger partial charge is 0.260 e. The Labute approximate surface area is 165 Å². The largest absolute Gasteiger partial charge is 0.484 e. The number of halogens is 1. The highest BCUT2D eigenvalue weighted by Crippen LogP contribution is 2.25. The molecule has 0 aliphatic carbocycles. The van der Waals surface area contributed by atoms with Crippen LogP contribution in [-0.4, -0.2) is 81.3 Å². The summed E-state index contributed by atoms with van der Waals surface area (Å²) in [4.78, 5) is 27.8. The Morgan fingerprint density at radius 3 is 2.00 bits per heavy atom. The van der Waals surface area contributed by atoms with E-state index in [-0.39, 0.29) is 25.0 Å². The predicted molar refractivity (Wildman–Crippen MR) is 102 cm³/mol. The van der Waals surface area contributed by atoms with Crippen LogP contribution in [0.4, 0.5) is 0 Å². The molecule has 0 radical (unpaired) electrons. The molecule has 2 amide bonds. The second-order valence-corrected chi connectivity index (χ2v) is 6.84. The average Bonchev–Trinajstić information content (AvgIpc) is 2.67. The Hall–Kier alpha value is -1.83. The van der Waals surface area contributed by atoms with Gasteiger partial charge in [0, 0.05) is 38.3 Å². The Balaban J connectivity index is 1.74. The molecular weight excluding hydrogens is 372 g/mol. The van der Waals surface area contributed by atoms with Crippen LogP contribution in [0.1, 0.15) is 11.1 Å². The van der Waals surface area contributed by atoms with E-state index < -0.39 is 0 Å². The highest BCUT2D eigenvalue weighted by atomic mass is 35.5. The number of piperazine rings is 1. The van der Waals surface area contributed by atoms with E-state index in [1.807, 2.05) is 26.0 Å². The van der Waals surface area contributed by atoms with Crippen molar-refractivity contribution in [2.75, 3.05) is 59.7 Å². The van der Waals surface area contributed by atoms with Crippen LogP contribution in [0, 0.1) is 13.8 Å². The molecule has 0 bridgehead atoms. The van der Waals surface area contributed by atoms with Gasteiger partial charge in [-0.2, -0.15) is 0 Å². The highest BCUT2D eigenvalue weighted by Gasteiger charge is 2.24. The van der Waals surface area contributed by atoms with Gasteiger partial charge >= 0.3 is 0 Å². The second-order valence-electron chi connectivity index (χ2n) is 6.47. The van der Waals surface area contributed by atoms with Gasteiger partial charge in [0.2, 0.25) is 5.91 Å². The first-order chi connectivity index (χ1) is 12.9. The zero-order chi connectivity index (χ0) is 19.8. The summed E-state index contributed by atoms with van der Waals surface area (Å²) >= 11 is 6.14. The van der Waals surface area contributed by atoms with Gasteiger partial charge in [0.15, 0.2) is 6.61 Å². The van der Waals surface area contributed by atoms with Crippen molar-refractivity contribution in [3.05, 3.63) is 28.3 Å². The maximum absolute atomic E-state index is 12.4. The van der Waals surface area contributed by atoms with Crippen molar-refractivity contribution < 1.29 is 23.8 Å². The molecular formula is C19H27ClN2O5. The lowest BCUT2D eigenvalue weighted by atomic mass is 10.1. The van der Waals surface area contributed by atoms with Crippen molar-refractivity contribution in [2.24, 2.45) is 0 Å². The number of carbonyl (C=O) groups is 2. The Morgan fingerprint density at radius 2 is 1.48 bits per heavy atom. The van der Waals surface area contributed by atoms with Crippen LogP contribution in [0.15, 0.2) is 12.1 Å². The van der Waals surface area contributed by atoms with Crippen LogP contribution in [0.25, 0.3) is 0 Å². The number of rotatable bonds is 8. The second kappa shape index (κ2) is 10.5. The minimum Gasteiger partial charge on any atom is -0.484 e. The first-order valence-corrected chi connectivity index (χ1v) is 9.32. The van der Waals surface area contributed by atoms with Crippen molar-refractivity contribution in [1.29, 1.82) is 0 Å². The topological polar surface area (TPSA) is 68.3 Å². The normalized spacial score (nSPS) is 14.4. The molecule has 0 spiro atoms. The van der Waals surface area contributed by atoms with Crippen LogP contribution in [0.3, 0.4) is 0 Å². The first-order valence-electron chi connectivity index (χ1n) is 8.94. The number of methoxy groups -OCH3 is 1. The lowest BCUT2D eigenvalue weighted by Crippen LogP contribution is -2.52. The van der Waals surface area contributed by atoms with Crippen LogP contribution >= 0.6 is 11.6 Å². The summed E-state index contributed by atoms with van der Waals surface area (Å²) in [5, 5.41) is 0.709. The van der Waals surface area contributed by atoms with Gasteiger partial charge in [-0.1, -0.05) is 11.6 Å². The van der Waals surface area contributed by atoms with Gasteiger partial charge < -0.3 is 24.0 Å². The van der Waals surface area contributed by atoms with Gasteiger partial charge in [0.05, 0.1) is 13.2 Å². The van der Waals surface area contributed by atoms with E-state index in [9.17, 15) is 9.59 Å². The monoisotopic (exact) mass is 398 g/mol. The van der Waals surface area contributed by atoms with E-state index in [0.29, 0.717) is 50.2 Å². The van der Waals surface area contributed by atoms with Gasteiger partial charge in [-0.3, -0.25) is 9.59 Å². The molecule has 150 valence electrons. The minimum atomic E-state index is -0.0938. The summed E-state index contributed by atoms with van der Waals surface area (Å²) in [5.41, 5.74) is 1.83. The fourth-order valence-electron chi connectivity index (χ4n) is 2.82. The molecule has 1 fully saturated rings. The molecule has 1 aromatic carbocycles.